The minimum absolute atomic E-state index is 0. The predicted molar refractivity (Wildman–Crippen MR) is 145 cm³/mol. The van der Waals surface area contributed by atoms with E-state index >= 15 is 0 Å². The Hall–Kier alpha value is -3.43. The van der Waals surface area contributed by atoms with E-state index in [9.17, 15) is 0 Å². The Labute approximate surface area is 236 Å². The van der Waals surface area contributed by atoms with E-state index in [4.69, 9.17) is 5.11 Å². The maximum Gasteiger partial charge on any atom is 1.00 e. The fraction of sp³-hybridized carbons (Fsp3) is 0.0606. The molecule has 36 heavy (non-hydrogen) atoms. The summed E-state index contributed by atoms with van der Waals surface area (Å²) in [5.41, 5.74) is 10.6. The van der Waals surface area contributed by atoms with E-state index < -0.39 is 0 Å². The first kappa shape index (κ1) is 25.7. The summed E-state index contributed by atoms with van der Waals surface area (Å²) in [6.45, 7) is 4.12. The van der Waals surface area contributed by atoms with Crippen LogP contribution in [0.5, 0.6) is 0 Å². The van der Waals surface area contributed by atoms with Crippen LogP contribution in [0.1, 0.15) is 11.1 Å². The van der Waals surface area contributed by atoms with Gasteiger partial charge in [0.05, 0.1) is 0 Å². The van der Waals surface area contributed by atoms with Gasteiger partial charge < -0.3 is 0 Å². The van der Waals surface area contributed by atoms with Gasteiger partial charge in [0.25, 0.3) is 0 Å². The van der Waals surface area contributed by atoms with Crippen LogP contribution in [0.2, 0.25) is 0 Å². The largest absolute Gasteiger partial charge is 1.00 e. The van der Waals surface area contributed by atoms with Crippen molar-refractivity contribution in [2.24, 2.45) is 5.11 Å². The van der Waals surface area contributed by atoms with Crippen molar-refractivity contribution in [1.82, 2.24) is 0 Å². The monoisotopic (exact) mass is 474 g/mol. The molecule has 170 valence electrons. The summed E-state index contributed by atoms with van der Waals surface area (Å²) in [6, 6.07) is 43.4. The van der Waals surface area contributed by atoms with Crippen molar-refractivity contribution in [3.63, 3.8) is 0 Å². The van der Waals surface area contributed by atoms with Crippen LogP contribution in [0.3, 0.4) is 0 Å². The number of hydrogen-bond acceptors (Lipinski definition) is 1. The third-order valence-electron chi connectivity index (χ3n) is 6.01. The van der Waals surface area contributed by atoms with E-state index in [2.05, 4.69) is 111 Å². The first-order valence-electron chi connectivity index (χ1n) is 11.8. The van der Waals surface area contributed by atoms with Gasteiger partial charge in [0.2, 0.25) is 0 Å². The van der Waals surface area contributed by atoms with Gasteiger partial charge in [0, 0.05) is 12.7 Å². The summed E-state index contributed by atoms with van der Waals surface area (Å²) in [7, 11) is 4.38. The second kappa shape index (κ2) is 11.5. The molecule has 0 amide bonds. The van der Waals surface area contributed by atoms with Crippen LogP contribution in [0.25, 0.3) is 33.4 Å². The molecule has 0 saturated heterocycles. The fourth-order valence-electron chi connectivity index (χ4n) is 4.49. The van der Waals surface area contributed by atoms with E-state index in [1.165, 1.54) is 5.56 Å². The summed E-state index contributed by atoms with van der Waals surface area (Å²) in [5.74, 6) is 0. The molecule has 0 unspecified atom stereocenters. The van der Waals surface area contributed by atoms with Gasteiger partial charge in [-0.1, -0.05) is 122 Å². The molecule has 5 aromatic carbocycles. The molecule has 5 aromatic rings. The van der Waals surface area contributed by atoms with Gasteiger partial charge in [0.1, 0.15) is 5.69 Å². The Bertz CT molecular complexity index is 1410. The second-order valence-corrected chi connectivity index (χ2v) is 8.74. The molecule has 0 spiro atoms. The van der Waals surface area contributed by atoms with Gasteiger partial charge in [-0.3, -0.25) is 0 Å². The molecule has 0 aliphatic rings. The average molecular weight is 475 g/mol. The van der Waals surface area contributed by atoms with Crippen molar-refractivity contribution in [1.29, 1.82) is 0 Å². The van der Waals surface area contributed by atoms with Gasteiger partial charge in [-0.2, -0.15) is 17.2 Å². The Morgan fingerprint density at radius 2 is 1.08 bits per heavy atom. The van der Waals surface area contributed by atoms with Gasteiger partial charge in [-0.15, -0.1) is 12.1 Å². The first-order chi connectivity index (χ1) is 17.1. The van der Waals surface area contributed by atoms with E-state index in [0.29, 0.717) is 0 Å². The van der Waals surface area contributed by atoms with Crippen LogP contribution in [0.15, 0.2) is 120 Å². The summed E-state index contributed by atoms with van der Waals surface area (Å²) in [4.78, 5) is 0. The Kier molecular flexibility index (Phi) is 8.22. The van der Waals surface area contributed by atoms with Crippen molar-refractivity contribution < 1.29 is 34.3 Å². The van der Waals surface area contributed by atoms with Gasteiger partial charge >= 0.3 is 29.6 Å². The smallest absolute Gasteiger partial charge is 0.216 e. The summed E-state index contributed by atoms with van der Waals surface area (Å²) < 4.78 is 1.75. The molecule has 0 radical (unpaired) electrons. The number of nitrogens with zero attached hydrogens (tertiary/aromatic N) is 2. The molecule has 0 aliphatic heterocycles. The zero-order chi connectivity index (χ0) is 24.2. The number of hydrogen-bond donors (Lipinski definition) is 0. The number of azo groups is 2. The average Bonchev–Trinajstić information content (AvgIpc) is 2.89. The molecule has 0 fully saturated rings. The number of benzene rings is 5. The van der Waals surface area contributed by atoms with Gasteiger partial charge in [-0.05, 0) is 33.4 Å². The first-order valence-corrected chi connectivity index (χ1v) is 11.8. The summed E-state index contributed by atoms with van der Waals surface area (Å²) >= 11 is 0. The predicted octanol–water partition coefficient (Wildman–Crippen LogP) is 6.33. The summed E-state index contributed by atoms with van der Waals surface area (Å²) in [6.07, 6.45) is 0. The molecule has 2 nitrogen and oxygen atoms in total. The van der Waals surface area contributed by atoms with Crippen LogP contribution in [0, 0.1) is 27.0 Å². The molecule has 0 bridgehead atoms. The van der Waals surface area contributed by atoms with Gasteiger partial charge in [0.15, 0.2) is 0 Å². The van der Waals surface area contributed by atoms with Gasteiger partial charge in [-0.25, -0.2) is 4.70 Å². The molecule has 0 aliphatic carbocycles. The van der Waals surface area contributed by atoms with E-state index in [-0.39, 0.29) is 29.6 Å². The molecular formula is C33H27N2Na. The second-order valence-electron chi connectivity index (χ2n) is 8.74. The van der Waals surface area contributed by atoms with Crippen molar-refractivity contribution in [3.05, 3.63) is 140 Å². The van der Waals surface area contributed by atoms with E-state index in [0.717, 1.165) is 50.3 Å². The molecular weight excluding hydrogens is 447 g/mol. The zero-order valence-corrected chi connectivity index (χ0v) is 23.1. The van der Waals surface area contributed by atoms with Crippen molar-refractivity contribution in [3.8, 4) is 33.4 Å². The fourth-order valence-corrected chi connectivity index (χ4v) is 4.49. The SMILES string of the molecule is [CH2-][N+](=Nc1[c-]c(C)cc(C)c1)c1c(-c2ccccc2)cc(-c2ccccc2)cc1-c1ccccc1.[Na+]. The van der Waals surface area contributed by atoms with Crippen molar-refractivity contribution in [2.45, 2.75) is 13.8 Å². The maximum absolute atomic E-state index is 4.89. The molecule has 3 heteroatoms. The molecule has 0 aromatic heterocycles. The van der Waals surface area contributed by atoms with Crippen molar-refractivity contribution in [2.75, 3.05) is 0 Å². The Balaban J connectivity index is 0.00000304. The van der Waals surface area contributed by atoms with Crippen LogP contribution in [-0.2, 0) is 0 Å². The van der Waals surface area contributed by atoms with Crippen molar-refractivity contribution >= 4 is 11.4 Å². The topological polar surface area (TPSA) is 15.4 Å². The van der Waals surface area contributed by atoms with E-state index in [1.54, 1.807) is 4.70 Å². The standard InChI is InChI=1S/C33H27N2.Na/c1-24-19-25(2)21-30(20-24)34-35(3)33-31(27-15-9-5-10-16-27)22-29(26-13-7-4-8-14-26)23-32(33)28-17-11-6-12-18-28;/h4-20,22-23H,3H2,1-2H3;/q-1;+1. The quantitative estimate of drug-likeness (QED) is 0.122. The molecule has 0 heterocycles. The minimum atomic E-state index is 0. The van der Waals surface area contributed by atoms with Crippen LogP contribution in [-0.4, -0.2) is 4.70 Å². The van der Waals surface area contributed by atoms with E-state index in [1.807, 2.05) is 31.2 Å². The maximum atomic E-state index is 4.89. The van der Waals surface area contributed by atoms with Crippen LogP contribution < -0.4 is 29.6 Å². The molecule has 0 N–H and O–H groups in total. The minimum Gasteiger partial charge on any atom is -0.216 e. The Morgan fingerprint density at radius 1 is 0.611 bits per heavy atom. The normalized spacial score (nSPS) is 11.1. The number of rotatable bonds is 5. The van der Waals surface area contributed by atoms with Crippen LogP contribution in [0.4, 0.5) is 11.4 Å². The zero-order valence-electron chi connectivity index (χ0n) is 21.1. The molecule has 0 saturated carbocycles. The molecule has 5 rings (SSSR count). The van der Waals surface area contributed by atoms with Crippen LogP contribution >= 0.6 is 0 Å². The number of aryl methyl sites for hydroxylation is 2. The summed E-state index contributed by atoms with van der Waals surface area (Å²) in [5, 5.41) is 4.89. The third kappa shape index (κ3) is 5.68. The molecule has 0 atom stereocenters. The third-order valence-corrected chi connectivity index (χ3v) is 6.01. The Morgan fingerprint density at radius 3 is 1.56 bits per heavy atom.